The van der Waals surface area contributed by atoms with Gasteiger partial charge in [-0.05, 0) is 37.9 Å². The van der Waals surface area contributed by atoms with Crippen molar-refractivity contribution >= 4 is 17.3 Å². The van der Waals surface area contributed by atoms with Crippen LogP contribution in [0.5, 0.6) is 0 Å². The fourth-order valence-corrected chi connectivity index (χ4v) is 3.46. The summed E-state index contributed by atoms with van der Waals surface area (Å²) < 4.78 is 6.17. The zero-order chi connectivity index (χ0) is 18.2. The highest BCUT2D eigenvalue weighted by molar-refractivity contribution is 7.80. The van der Waals surface area contributed by atoms with Gasteiger partial charge in [0.25, 0.3) is 0 Å². The predicted octanol–water partition coefficient (Wildman–Crippen LogP) is 7.86. The molecule has 1 nitrogen and oxygen atoms in total. The Balaban J connectivity index is 2.28. The van der Waals surface area contributed by atoms with Crippen molar-refractivity contribution in [3.63, 3.8) is 0 Å². The van der Waals surface area contributed by atoms with Gasteiger partial charge in [0.15, 0.2) is 5.05 Å². The first-order valence-corrected chi connectivity index (χ1v) is 10.9. The molecule has 1 aromatic carbocycles. The Morgan fingerprint density at radius 2 is 1.24 bits per heavy atom. The molecule has 2 heteroatoms. The highest BCUT2D eigenvalue weighted by Crippen LogP contribution is 2.18. The van der Waals surface area contributed by atoms with Crippen molar-refractivity contribution in [1.29, 1.82) is 0 Å². The average molecular weight is 363 g/mol. The molecule has 0 aliphatic heterocycles. The van der Waals surface area contributed by atoms with Crippen LogP contribution in [0.1, 0.15) is 103 Å². The maximum absolute atomic E-state index is 6.17. The molecule has 1 atom stereocenters. The second-order valence-corrected chi connectivity index (χ2v) is 7.52. The van der Waals surface area contributed by atoms with Crippen LogP contribution in [-0.2, 0) is 4.74 Å². The molecule has 0 amide bonds. The third-order valence-electron chi connectivity index (χ3n) is 4.79. The first-order chi connectivity index (χ1) is 12.3. The van der Waals surface area contributed by atoms with Crippen LogP contribution < -0.4 is 0 Å². The molecular weight excluding hydrogens is 324 g/mol. The van der Waals surface area contributed by atoms with Crippen molar-refractivity contribution in [2.75, 3.05) is 0 Å². The third kappa shape index (κ3) is 11.4. The third-order valence-corrected chi connectivity index (χ3v) is 5.12. The van der Waals surface area contributed by atoms with E-state index in [9.17, 15) is 0 Å². The topological polar surface area (TPSA) is 9.23 Å². The summed E-state index contributed by atoms with van der Waals surface area (Å²) in [5, 5.41) is 0.668. The Labute approximate surface area is 161 Å². The highest BCUT2D eigenvalue weighted by atomic mass is 32.1. The van der Waals surface area contributed by atoms with Crippen LogP contribution in [0.15, 0.2) is 30.3 Å². The second-order valence-electron chi connectivity index (χ2n) is 7.15. The molecule has 0 aromatic heterocycles. The van der Waals surface area contributed by atoms with E-state index in [4.69, 9.17) is 17.0 Å². The lowest BCUT2D eigenvalue weighted by atomic mass is 10.0. The minimum absolute atomic E-state index is 0.291. The van der Waals surface area contributed by atoms with Gasteiger partial charge in [0, 0.05) is 5.56 Å². The number of hydrogen-bond donors (Lipinski definition) is 0. The van der Waals surface area contributed by atoms with Crippen LogP contribution in [0.4, 0.5) is 0 Å². The normalized spacial score (nSPS) is 12.1. The van der Waals surface area contributed by atoms with Gasteiger partial charge in [-0.15, -0.1) is 0 Å². The first-order valence-electron chi connectivity index (χ1n) is 10.5. The lowest BCUT2D eigenvalue weighted by Gasteiger charge is -2.20. The molecule has 0 spiro atoms. The smallest absolute Gasteiger partial charge is 0.191 e. The monoisotopic (exact) mass is 362 g/mol. The molecule has 142 valence electrons. The molecule has 0 saturated heterocycles. The van der Waals surface area contributed by atoms with Crippen LogP contribution in [0.25, 0.3) is 0 Å². The molecule has 0 N–H and O–H groups in total. The Kier molecular flexibility index (Phi) is 13.6. The molecule has 0 saturated carbocycles. The quantitative estimate of drug-likeness (QED) is 0.232. The van der Waals surface area contributed by atoms with E-state index < -0.39 is 0 Å². The summed E-state index contributed by atoms with van der Waals surface area (Å²) in [5.41, 5.74) is 1.04. The fourth-order valence-electron chi connectivity index (χ4n) is 3.18. The van der Waals surface area contributed by atoms with Crippen LogP contribution >= 0.6 is 12.2 Å². The molecule has 1 aromatic rings. The average Bonchev–Trinajstić information content (AvgIpc) is 2.64. The predicted molar refractivity (Wildman–Crippen MR) is 114 cm³/mol. The Morgan fingerprint density at radius 1 is 0.760 bits per heavy atom. The maximum Gasteiger partial charge on any atom is 0.191 e. The Hall–Kier alpha value is -0.890. The molecule has 0 radical (unpaired) electrons. The van der Waals surface area contributed by atoms with E-state index in [0.29, 0.717) is 11.2 Å². The van der Waals surface area contributed by atoms with Crippen LogP contribution in [0.2, 0.25) is 0 Å². The van der Waals surface area contributed by atoms with Crippen LogP contribution in [-0.4, -0.2) is 11.2 Å². The van der Waals surface area contributed by atoms with Gasteiger partial charge in [0.2, 0.25) is 0 Å². The number of benzene rings is 1. The van der Waals surface area contributed by atoms with Crippen molar-refractivity contribution in [2.45, 2.75) is 103 Å². The summed E-state index contributed by atoms with van der Waals surface area (Å²) in [6.07, 6.45) is 17.3. The standard InChI is InChI=1S/C23H38OS/c1-3-5-7-8-9-10-11-16-20-22(19-13-6-4-2)24-23(25)21-17-14-12-15-18-21/h12,14-15,17-18,22H,3-11,13,16,19-20H2,1-2H3. The summed E-state index contributed by atoms with van der Waals surface area (Å²) in [5.74, 6) is 0. The lowest BCUT2D eigenvalue weighted by Crippen LogP contribution is -2.18. The first kappa shape index (κ1) is 22.2. The minimum atomic E-state index is 0.291. The van der Waals surface area contributed by atoms with Gasteiger partial charge in [0.1, 0.15) is 0 Å². The summed E-state index contributed by atoms with van der Waals surface area (Å²) in [7, 11) is 0. The SMILES string of the molecule is CCCCCCCCCCC(CCCCC)OC(=S)c1ccccc1. The van der Waals surface area contributed by atoms with Crippen molar-refractivity contribution in [3.05, 3.63) is 35.9 Å². The Morgan fingerprint density at radius 3 is 1.84 bits per heavy atom. The number of rotatable bonds is 15. The zero-order valence-electron chi connectivity index (χ0n) is 16.5. The number of ether oxygens (including phenoxy) is 1. The van der Waals surface area contributed by atoms with Gasteiger partial charge in [-0.2, -0.15) is 0 Å². The van der Waals surface area contributed by atoms with Gasteiger partial charge < -0.3 is 4.74 Å². The van der Waals surface area contributed by atoms with Gasteiger partial charge in [-0.3, -0.25) is 0 Å². The molecule has 0 aliphatic rings. The van der Waals surface area contributed by atoms with Crippen molar-refractivity contribution in [2.24, 2.45) is 0 Å². The molecule has 1 unspecified atom stereocenters. The van der Waals surface area contributed by atoms with E-state index in [2.05, 4.69) is 13.8 Å². The molecular formula is C23H38OS. The highest BCUT2D eigenvalue weighted by Gasteiger charge is 2.13. The van der Waals surface area contributed by atoms with Crippen molar-refractivity contribution in [3.8, 4) is 0 Å². The molecule has 0 aliphatic carbocycles. The minimum Gasteiger partial charge on any atom is -0.480 e. The van der Waals surface area contributed by atoms with Crippen molar-refractivity contribution < 1.29 is 4.74 Å². The van der Waals surface area contributed by atoms with Gasteiger partial charge in [-0.25, -0.2) is 0 Å². The lowest BCUT2D eigenvalue weighted by molar-refractivity contribution is 0.166. The summed E-state index contributed by atoms with van der Waals surface area (Å²) in [6.45, 7) is 4.53. The Bertz CT molecular complexity index is 429. The van der Waals surface area contributed by atoms with E-state index in [1.54, 1.807) is 0 Å². The van der Waals surface area contributed by atoms with Crippen LogP contribution in [0.3, 0.4) is 0 Å². The molecule has 25 heavy (non-hydrogen) atoms. The maximum atomic E-state index is 6.17. The van der Waals surface area contributed by atoms with Gasteiger partial charge >= 0.3 is 0 Å². The van der Waals surface area contributed by atoms with Gasteiger partial charge in [0.05, 0.1) is 6.10 Å². The van der Waals surface area contributed by atoms with E-state index in [1.807, 2.05) is 30.3 Å². The van der Waals surface area contributed by atoms with E-state index >= 15 is 0 Å². The van der Waals surface area contributed by atoms with Gasteiger partial charge in [-0.1, -0.05) is 102 Å². The van der Waals surface area contributed by atoms with Crippen molar-refractivity contribution in [1.82, 2.24) is 0 Å². The molecule has 0 bridgehead atoms. The summed E-state index contributed by atoms with van der Waals surface area (Å²) in [4.78, 5) is 0. The molecule has 0 fully saturated rings. The zero-order valence-corrected chi connectivity index (χ0v) is 17.3. The number of hydrogen-bond acceptors (Lipinski definition) is 2. The number of thiocarbonyl (C=S) groups is 1. The molecule has 1 rings (SSSR count). The van der Waals surface area contributed by atoms with E-state index in [0.717, 1.165) is 18.4 Å². The van der Waals surface area contributed by atoms with E-state index in [-0.39, 0.29) is 0 Å². The summed E-state index contributed by atoms with van der Waals surface area (Å²) in [6, 6.07) is 10.2. The summed E-state index contributed by atoms with van der Waals surface area (Å²) >= 11 is 5.51. The van der Waals surface area contributed by atoms with Crippen LogP contribution in [0, 0.1) is 0 Å². The number of unbranched alkanes of at least 4 members (excludes halogenated alkanes) is 9. The molecule has 0 heterocycles. The largest absolute Gasteiger partial charge is 0.480 e. The van der Waals surface area contributed by atoms with E-state index in [1.165, 1.54) is 70.6 Å². The fraction of sp³-hybridized carbons (Fsp3) is 0.696. The second kappa shape index (κ2) is 15.4.